The molecule has 1 amide bonds. The van der Waals surface area contributed by atoms with Gasteiger partial charge < -0.3 is 14.9 Å². The molecule has 1 aliphatic heterocycles. The summed E-state index contributed by atoms with van der Waals surface area (Å²) in [5.41, 5.74) is 0. The van der Waals surface area contributed by atoms with E-state index < -0.39 is 7.37 Å². The monoisotopic (exact) mass is 393 g/mol. The van der Waals surface area contributed by atoms with Crippen LogP contribution in [0.3, 0.4) is 0 Å². The summed E-state index contributed by atoms with van der Waals surface area (Å²) in [6.07, 6.45) is 9.82. The van der Waals surface area contributed by atoms with Crippen LogP contribution >= 0.6 is 19.1 Å². The predicted octanol–water partition coefficient (Wildman–Crippen LogP) is 4.07. The number of rotatable bonds is 14. The van der Waals surface area contributed by atoms with Gasteiger partial charge in [-0.15, -0.1) is 11.8 Å². The van der Waals surface area contributed by atoms with Gasteiger partial charge in [-0.3, -0.25) is 9.36 Å². The minimum atomic E-state index is -2.86. The van der Waals surface area contributed by atoms with Crippen molar-refractivity contribution in [2.45, 2.75) is 82.6 Å². The second-order valence-electron chi connectivity index (χ2n) is 7.27. The number of hydrogen-bond acceptors (Lipinski definition) is 4. The summed E-state index contributed by atoms with van der Waals surface area (Å²) in [5.74, 6) is 0.753. The zero-order valence-corrected chi connectivity index (χ0v) is 17.6. The number of thioether (sulfide) groups is 1. The van der Waals surface area contributed by atoms with Crippen molar-refractivity contribution in [1.82, 2.24) is 4.90 Å². The number of amides is 1. The highest BCUT2D eigenvalue weighted by molar-refractivity contribution is 8.00. The zero-order chi connectivity index (χ0) is 18.7. The van der Waals surface area contributed by atoms with Gasteiger partial charge >= 0.3 is 0 Å². The Morgan fingerprint density at radius 3 is 2.60 bits per heavy atom. The Bertz CT molecular complexity index is 429. The lowest BCUT2D eigenvalue weighted by atomic mass is 10.1. The fourth-order valence-electron chi connectivity index (χ4n) is 3.15. The Morgan fingerprint density at radius 2 is 1.92 bits per heavy atom. The average Bonchev–Trinajstić information content (AvgIpc) is 2.88. The summed E-state index contributed by atoms with van der Waals surface area (Å²) in [6.45, 7) is 4.23. The van der Waals surface area contributed by atoms with Crippen molar-refractivity contribution < 1.29 is 19.4 Å². The topological polar surface area (TPSA) is 77.8 Å². The first-order chi connectivity index (χ1) is 11.8. The first-order valence-electron chi connectivity index (χ1n) is 9.72. The van der Waals surface area contributed by atoms with E-state index in [1.165, 1.54) is 6.66 Å². The first-order valence-corrected chi connectivity index (χ1v) is 13.1. The highest BCUT2D eigenvalue weighted by Crippen LogP contribution is 2.36. The Kier molecular flexibility index (Phi) is 11.4. The molecule has 3 atom stereocenters. The van der Waals surface area contributed by atoms with Crippen LogP contribution in [0.4, 0.5) is 0 Å². The van der Waals surface area contributed by atoms with Crippen molar-refractivity contribution in [3.05, 3.63) is 0 Å². The van der Waals surface area contributed by atoms with E-state index in [-0.39, 0.29) is 17.4 Å². The van der Waals surface area contributed by atoms with Crippen LogP contribution in [0, 0.1) is 0 Å². The van der Waals surface area contributed by atoms with Gasteiger partial charge in [-0.2, -0.15) is 0 Å². The molecule has 0 aromatic carbocycles. The van der Waals surface area contributed by atoms with Crippen LogP contribution in [0.15, 0.2) is 0 Å². The average molecular weight is 394 g/mol. The maximum atomic E-state index is 12.1. The van der Waals surface area contributed by atoms with Gasteiger partial charge in [-0.05, 0) is 25.7 Å². The lowest BCUT2D eigenvalue weighted by molar-refractivity contribution is -0.128. The van der Waals surface area contributed by atoms with Gasteiger partial charge in [0.15, 0.2) is 7.37 Å². The van der Waals surface area contributed by atoms with E-state index in [2.05, 4.69) is 6.92 Å². The highest BCUT2D eigenvalue weighted by atomic mass is 32.2. The van der Waals surface area contributed by atoms with E-state index in [1.807, 2.05) is 4.90 Å². The summed E-state index contributed by atoms with van der Waals surface area (Å²) >= 11 is 1.71. The van der Waals surface area contributed by atoms with E-state index in [1.54, 1.807) is 11.8 Å². The number of carbonyl (C=O) groups is 1. The lowest BCUT2D eigenvalue weighted by Crippen LogP contribution is -2.35. The molecule has 0 spiro atoms. The Hall–Kier alpha value is -0.0300. The Labute approximate surface area is 157 Å². The van der Waals surface area contributed by atoms with Crippen LogP contribution in [0.25, 0.3) is 0 Å². The maximum absolute atomic E-state index is 12.1. The van der Waals surface area contributed by atoms with Gasteiger partial charge in [-0.1, -0.05) is 45.4 Å². The quantitative estimate of drug-likeness (QED) is 0.344. The Balaban J connectivity index is 2.20. The summed E-state index contributed by atoms with van der Waals surface area (Å²) in [7, 11) is -2.86. The molecule has 1 saturated heterocycles. The summed E-state index contributed by atoms with van der Waals surface area (Å²) in [4.78, 5) is 23.3. The normalized spacial score (nSPS) is 21.5. The maximum Gasteiger partial charge on any atom is 0.233 e. The highest BCUT2D eigenvalue weighted by Gasteiger charge is 2.30. The van der Waals surface area contributed by atoms with Gasteiger partial charge in [0, 0.05) is 19.4 Å². The van der Waals surface area contributed by atoms with E-state index in [9.17, 15) is 19.4 Å². The number of carbonyl (C=O) groups excluding carboxylic acids is 1. The number of aliphatic hydroxyl groups excluding tert-OH is 1. The van der Waals surface area contributed by atoms with Crippen LogP contribution in [-0.4, -0.2) is 57.4 Å². The standard InChI is InChI=1S/C18H36NO4PS/c1-3-4-7-10-16(20)12-13-19-17(21)15-25-18(19)11-8-5-6-9-14-24(2,22)23/h16,18,20H,3-15H2,1-2H3,(H,22,23). The molecular weight excluding hydrogens is 357 g/mol. The van der Waals surface area contributed by atoms with Crippen LogP contribution in [0.5, 0.6) is 0 Å². The fourth-order valence-corrected chi connectivity index (χ4v) is 5.20. The molecule has 1 fully saturated rings. The summed E-state index contributed by atoms with van der Waals surface area (Å²) in [6, 6.07) is 0. The van der Waals surface area contributed by atoms with Crippen LogP contribution in [0.2, 0.25) is 0 Å². The zero-order valence-electron chi connectivity index (χ0n) is 15.9. The van der Waals surface area contributed by atoms with E-state index in [0.717, 1.165) is 57.8 Å². The third kappa shape index (κ3) is 10.6. The molecule has 25 heavy (non-hydrogen) atoms. The van der Waals surface area contributed by atoms with Crippen LogP contribution < -0.4 is 0 Å². The molecule has 7 heteroatoms. The minimum Gasteiger partial charge on any atom is -0.393 e. The second kappa shape index (κ2) is 12.4. The number of unbranched alkanes of at least 4 members (excludes halogenated alkanes) is 5. The summed E-state index contributed by atoms with van der Waals surface area (Å²) < 4.78 is 11.2. The molecule has 148 valence electrons. The van der Waals surface area contributed by atoms with E-state index >= 15 is 0 Å². The van der Waals surface area contributed by atoms with E-state index in [4.69, 9.17) is 0 Å². The third-order valence-corrected chi connectivity index (χ3v) is 7.12. The predicted molar refractivity (Wildman–Crippen MR) is 106 cm³/mol. The SMILES string of the molecule is CCCCCC(O)CCN1C(=O)CSC1CCCCCCP(C)(=O)O. The molecule has 0 aromatic heterocycles. The molecule has 0 aliphatic carbocycles. The smallest absolute Gasteiger partial charge is 0.233 e. The van der Waals surface area contributed by atoms with Gasteiger partial charge in [0.2, 0.25) is 5.91 Å². The Morgan fingerprint density at radius 1 is 1.20 bits per heavy atom. The van der Waals surface area contributed by atoms with Crippen molar-refractivity contribution in [3.8, 4) is 0 Å². The first kappa shape index (κ1) is 23.0. The number of hydrogen-bond donors (Lipinski definition) is 2. The molecule has 0 radical (unpaired) electrons. The molecule has 1 aliphatic rings. The van der Waals surface area contributed by atoms with Gasteiger partial charge in [0.05, 0.1) is 17.2 Å². The number of aliphatic hydroxyl groups is 1. The molecule has 1 rings (SSSR count). The third-order valence-electron chi connectivity index (χ3n) is 4.69. The van der Waals surface area contributed by atoms with E-state index in [0.29, 0.717) is 24.9 Å². The van der Waals surface area contributed by atoms with Crippen molar-refractivity contribution in [1.29, 1.82) is 0 Å². The molecule has 1 heterocycles. The minimum absolute atomic E-state index is 0.197. The van der Waals surface area contributed by atoms with Gasteiger partial charge in [-0.25, -0.2) is 0 Å². The molecule has 3 unspecified atom stereocenters. The van der Waals surface area contributed by atoms with Crippen molar-refractivity contribution in [3.63, 3.8) is 0 Å². The molecule has 0 saturated carbocycles. The molecule has 2 N–H and O–H groups in total. The number of nitrogens with zero attached hydrogens (tertiary/aromatic N) is 1. The summed E-state index contributed by atoms with van der Waals surface area (Å²) in [5, 5.41) is 10.3. The van der Waals surface area contributed by atoms with Gasteiger partial charge in [0.25, 0.3) is 0 Å². The second-order valence-corrected chi connectivity index (χ2v) is 11.0. The van der Waals surface area contributed by atoms with Crippen molar-refractivity contribution in [2.75, 3.05) is 25.1 Å². The van der Waals surface area contributed by atoms with Crippen molar-refractivity contribution in [2.24, 2.45) is 0 Å². The van der Waals surface area contributed by atoms with Crippen LogP contribution in [0.1, 0.15) is 71.1 Å². The molecule has 5 nitrogen and oxygen atoms in total. The molecule has 0 bridgehead atoms. The van der Waals surface area contributed by atoms with Crippen molar-refractivity contribution >= 4 is 25.0 Å². The van der Waals surface area contributed by atoms with Gasteiger partial charge in [0.1, 0.15) is 0 Å². The lowest BCUT2D eigenvalue weighted by Gasteiger charge is -2.25. The fraction of sp³-hybridized carbons (Fsp3) is 0.944. The van der Waals surface area contributed by atoms with Crippen LogP contribution in [-0.2, 0) is 9.36 Å². The largest absolute Gasteiger partial charge is 0.393 e. The molecular formula is C18H36NO4PS. The molecule has 0 aromatic rings.